The van der Waals surface area contributed by atoms with E-state index in [2.05, 4.69) is 4.72 Å². The molecule has 1 rings (SSSR count). The van der Waals surface area contributed by atoms with E-state index < -0.39 is 11.0 Å². The molecular formula is C10H11NO3S. The zero-order valence-electron chi connectivity index (χ0n) is 8.44. The third-order valence-electron chi connectivity index (χ3n) is 1.71. The smallest absolute Gasteiger partial charge is 0.228 e. The number of nitrogens with one attached hydrogen (secondary N) is 1. The van der Waals surface area contributed by atoms with Crippen LogP contribution < -0.4 is 4.72 Å². The molecule has 0 saturated heterocycles. The first-order chi connectivity index (χ1) is 7.00. The van der Waals surface area contributed by atoms with E-state index >= 15 is 0 Å². The lowest BCUT2D eigenvalue weighted by molar-refractivity contribution is -0.117. The molecule has 0 spiro atoms. The Morgan fingerprint density at radius 3 is 2.07 bits per heavy atom. The second kappa shape index (κ2) is 4.84. The zero-order chi connectivity index (χ0) is 11.4. The summed E-state index contributed by atoms with van der Waals surface area (Å²) in [5, 5.41) is 0. The van der Waals surface area contributed by atoms with E-state index in [4.69, 9.17) is 0 Å². The van der Waals surface area contributed by atoms with Gasteiger partial charge in [-0.1, -0.05) is 12.1 Å². The van der Waals surface area contributed by atoms with Gasteiger partial charge in [0.2, 0.25) is 5.91 Å². The van der Waals surface area contributed by atoms with Crippen molar-refractivity contribution in [1.82, 2.24) is 4.72 Å². The first kappa shape index (κ1) is 11.6. The van der Waals surface area contributed by atoms with Crippen LogP contribution in [0.4, 0.5) is 0 Å². The zero-order valence-corrected chi connectivity index (χ0v) is 9.26. The fourth-order valence-electron chi connectivity index (χ4n) is 1.00. The van der Waals surface area contributed by atoms with Crippen molar-refractivity contribution in [2.45, 2.75) is 18.7 Å². The maximum absolute atomic E-state index is 11.4. The van der Waals surface area contributed by atoms with Crippen LogP contribution in [0.5, 0.6) is 0 Å². The van der Waals surface area contributed by atoms with Crippen molar-refractivity contribution in [3.8, 4) is 0 Å². The predicted octanol–water partition coefficient (Wildman–Crippen LogP) is 1.05. The molecule has 1 aromatic rings. The summed E-state index contributed by atoms with van der Waals surface area (Å²) < 4.78 is 13.7. The molecule has 0 aromatic heterocycles. The summed E-state index contributed by atoms with van der Waals surface area (Å²) >= 11 is 0. The van der Waals surface area contributed by atoms with Crippen LogP contribution in [0, 0.1) is 0 Å². The molecular weight excluding hydrogens is 214 g/mol. The van der Waals surface area contributed by atoms with Crippen LogP contribution in [-0.4, -0.2) is 15.9 Å². The number of hydrogen-bond donors (Lipinski definition) is 1. The molecule has 1 unspecified atom stereocenters. The highest BCUT2D eigenvalue weighted by Gasteiger charge is 2.05. The monoisotopic (exact) mass is 225 g/mol. The normalized spacial score (nSPS) is 11.9. The van der Waals surface area contributed by atoms with E-state index in [1.165, 1.54) is 13.8 Å². The Morgan fingerprint density at radius 1 is 1.13 bits per heavy atom. The standard InChI is InChI=1S/C10H11NO3S/c1-7(12)9-3-5-10(6-4-9)15(14)11-8(2)13/h3-6H,1-2H3,(H,11,13). The second-order valence-electron chi connectivity index (χ2n) is 3.01. The van der Waals surface area contributed by atoms with Crippen molar-refractivity contribution >= 4 is 22.7 Å². The predicted molar refractivity (Wildman–Crippen MR) is 56.7 cm³/mol. The lowest BCUT2D eigenvalue weighted by Gasteiger charge is -2.02. The molecule has 1 atom stereocenters. The third-order valence-corrected chi connectivity index (χ3v) is 2.88. The van der Waals surface area contributed by atoms with E-state index in [9.17, 15) is 13.8 Å². The van der Waals surface area contributed by atoms with Gasteiger partial charge in [-0.05, 0) is 19.1 Å². The van der Waals surface area contributed by atoms with Gasteiger partial charge in [-0.25, -0.2) is 4.21 Å². The molecule has 1 amide bonds. The van der Waals surface area contributed by atoms with Gasteiger partial charge in [-0.2, -0.15) is 0 Å². The van der Waals surface area contributed by atoms with Gasteiger partial charge in [0.15, 0.2) is 16.8 Å². The molecule has 0 bridgehead atoms. The van der Waals surface area contributed by atoms with Crippen LogP contribution in [0.3, 0.4) is 0 Å². The number of Topliss-reactive ketones (excluding diaryl/α,β-unsaturated/α-hetero) is 1. The number of carbonyl (C=O) groups is 2. The van der Waals surface area contributed by atoms with Gasteiger partial charge in [-0.3, -0.25) is 14.3 Å². The topological polar surface area (TPSA) is 63.2 Å². The van der Waals surface area contributed by atoms with Crippen LogP contribution in [0.25, 0.3) is 0 Å². The summed E-state index contributed by atoms with van der Waals surface area (Å²) in [5.74, 6) is -0.407. The maximum atomic E-state index is 11.4. The minimum absolute atomic E-state index is 0.0492. The highest BCUT2D eigenvalue weighted by atomic mass is 32.2. The first-order valence-electron chi connectivity index (χ1n) is 4.30. The number of hydrogen-bond acceptors (Lipinski definition) is 3. The maximum Gasteiger partial charge on any atom is 0.228 e. The lowest BCUT2D eigenvalue weighted by Crippen LogP contribution is -2.22. The summed E-state index contributed by atoms with van der Waals surface area (Å²) in [4.78, 5) is 22.1. The number of ketones is 1. The second-order valence-corrected chi connectivity index (χ2v) is 4.22. The molecule has 0 heterocycles. The lowest BCUT2D eigenvalue weighted by atomic mass is 10.2. The van der Waals surface area contributed by atoms with Crippen LogP contribution in [-0.2, 0) is 15.8 Å². The van der Waals surface area contributed by atoms with Crippen molar-refractivity contribution in [3.63, 3.8) is 0 Å². The summed E-state index contributed by atoms with van der Waals surface area (Å²) in [7, 11) is -1.55. The summed E-state index contributed by atoms with van der Waals surface area (Å²) in [6, 6.07) is 6.28. The Bertz CT molecular complexity index is 411. The van der Waals surface area contributed by atoms with Crippen molar-refractivity contribution in [1.29, 1.82) is 0 Å². The Kier molecular flexibility index (Phi) is 3.74. The van der Waals surface area contributed by atoms with E-state index in [1.807, 2.05) is 0 Å². The molecule has 5 heteroatoms. The molecule has 0 saturated carbocycles. The van der Waals surface area contributed by atoms with E-state index in [-0.39, 0.29) is 11.7 Å². The van der Waals surface area contributed by atoms with Crippen molar-refractivity contribution in [2.75, 3.05) is 0 Å². The SMILES string of the molecule is CC(=O)NS(=O)c1ccc(C(C)=O)cc1. The Labute approximate surface area is 90.3 Å². The quantitative estimate of drug-likeness (QED) is 0.782. The number of carbonyl (C=O) groups excluding carboxylic acids is 2. The summed E-state index contributed by atoms with van der Waals surface area (Å²) in [5.41, 5.74) is 0.554. The average molecular weight is 225 g/mol. The van der Waals surface area contributed by atoms with E-state index in [0.717, 1.165) is 0 Å². The molecule has 0 fully saturated rings. The van der Waals surface area contributed by atoms with Gasteiger partial charge in [0, 0.05) is 12.5 Å². The first-order valence-corrected chi connectivity index (χ1v) is 5.45. The van der Waals surface area contributed by atoms with Crippen LogP contribution >= 0.6 is 0 Å². The summed E-state index contributed by atoms with van der Waals surface area (Å²) in [6.07, 6.45) is 0. The van der Waals surface area contributed by atoms with Gasteiger partial charge in [0.25, 0.3) is 0 Å². The van der Waals surface area contributed by atoms with E-state index in [1.54, 1.807) is 24.3 Å². The minimum Gasteiger partial charge on any atom is -0.295 e. The van der Waals surface area contributed by atoms with Crippen LogP contribution in [0.1, 0.15) is 24.2 Å². The number of amides is 1. The Morgan fingerprint density at radius 2 is 1.67 bits per heavy atom. The molecule has 0 aliphatic heterocycles. The molecule has 15 heavy (non-hydrogen) atoms. The van der Waals surface area contributed by atoms with Crippen LogP contribution in [0.2, 0.25) is 0 Å². The molecule has 0 aliphatic rings. The molecule has 80 valence electrons. The van der Waals surface area contributed by atoms with Crippen LogP contribution in [0.15, 0.2) is 29.2 Å². The van der Waals surface area contributed by atoms with Gasteiger partial charge in [0.05, 0.1) is 4.90 Å². The number of benzene rings is 1. The van der Waals surface area contributed by atoms with Gasteiger partial charge < -0.3 is 0 Å². The molecule has 0 aliphatic carbocycles. The van der Waals surface area contributed by atoms with Crippen molar-refractivity contribution < 1.29 is 13.8 Å². The van der Waals surface area contributed by atoms with Gasteiger partial charge in [-0.15, -0.1) is 0 Å². The molecule has 1 aromatic carbocycles. The third kappa shape index (κ3) is 3.28. The average Bonchev–Trinajstić information content (AvgIpc) is 2.17. The Balaban J connectivity index is 2.84. The highest BCUT2D eigenvalue weighted by Crippen LogP contribution is 2.07. The minimum atomic E-state index is -1.55. The van der Waals surface area contributed by atoms with Gasteiger partial charge >= 0.3 is 0 Å². The Hall–Kier alpha value is -1.49. The molecule has 1 N–H and O–H groups in total. The fraction of sp³-hybridized carbons (Fsp3) is 0.200. The van der Waals surface area contributed by atoms with Crippen molar-refractivity contribution in [3.05, 3.63) is 29.8 Å². The van der Waals surface area contributed by atoms with E-state index in [0.29, 0.717) is 10.5 Å². The largest absolute Gasteiger partial charge is 0.295 e. The highest BCUT2D eigenvalue weighted by molar-refractivity contribution is 7.83. The van der Waals surface area contributed by atoms with Gasteiger partial charge in [0.1, 0.15) is 0 Å². The van der Waals surface area contributed by atoms with Crippen molar-refractivity contribution in [2.24, 2.45) is 0 Å². The molecule has 4 nitrogen and oxygen atoms in total. The molecule has 0 radical (unpaired) electrons. The summed E-state index contributed by atoms with van der Waals surface area (Å²) in [6.45, 7) is 2.75. The number of rotatable bonds is 3. The fourth-order valence-corrected chi connectivity index (χ4v) is 1.76.